The molecule has 0 amide bonds. The largest absolute Gasteiger partial charge is 0.493 e. The van der Waals surface area contributed by atoms with Crippen LogP contribution in [0.1, 0.15) is 44.8 Å². The van der Waals surface area contributed by atoms with Gasteiger partial charge in [0.2, 0.25) is 0 Å². The lowest BCUT2D eigenvalue weighted by Crippen LogP contribution is -2.27. The number of ether oxygens (including phenoxy) is 1. The molecule has 20 heavy (non-hydrogen) atoms. The van der Waals surface area contributed by atoms with Crippen molar-refractivity contribution in [1.82, 2.24) is 15.1 Å². The van der Waals surface area contributed by atoms with Crippen molar-refractivity contribution in [1.29, 1.82) is 0 Å². The van der Waals surface area contributed by atoms with E-state index in [1.165, 1.54) is 36.5 Å². The third kappa shape index (κ3) is 3.70. The average Bonchev–Trinajstić information content (AvgIpc) is 2.90. The number of thioether (sulfide) groups is 1. The maximum absolute atomic E-state index is 5.52. The van der Waals surface area contributed by atoms with Gasteiger partial charge in [-0.1, -0.05) is 6.92 Å². The molecule has 1 unspecified atom stereocenters. The van der Waals surface area contributed by atoms with E-state index in [2.05, 4.69) is 40.7 Å². The molecule has 0 aromatic carbocycles. The van der Waals surface area contributed by atoms with Crippen molar-refractivity contribution >= 4 is 11.8 Å². The maximum Gasteiger partial charge on any atom is 0.161 e. The Hall–Kier alpha value is -0.680. The topological polar surface area (TPSA) is 39.1 Å². The van der Waals surface area contributed by atoms with E-state index in [9.17, 15) is 0 Å². The van der Waals surface area contributed by atoms with Gasteiger partial charge < -0.3 is 10.1 Å². The van der Waals surface area contributed by atoms with Crippen LogP contribution in [0, 0.1) is 5.92 Å². The number of nitrogens with zero attached hydrogens (tertiary/aromatic N) is 2. The van der Waals surface area contributed by atoms with E-state index in [0.29, 0.717) is 6.04 Å². The SMILES string of the molecule is CCNC(CC1CCSCC1)c1c(OC)cnn1CC. The Morgan fingerprint density at radius 1 is 1.45 bits per heavy atom. The van der Waals surface area contributed by atoms with E-state index in [4.69, 9.17) is 4.74 Å². The number of nitrogens with one attached hydrogen (secondary N) is 1. The third-order valence-corrected chi connectivity index (χ3v) is 5.10. The van der Waals surface area contributed by atoms with Gasteiger partial charge in [0.15, 0.2) is 5.75 Å². The minimum absolute atomic E-state index is 0.352. The van der Waals surface area contributed by atoms with Crippen molar-refractivity contribution < 1.29 is 4.74 Å². The summed E-state index contributed by atoms with van der Waals surface area (Å²) in [5, 5.41) is 8.08. The second-order valence-electron chi connectivity index (χ2n) is 5.32. The highest BCUT2D eigenvalue weighted by atomic mass is 32.2. The lowest BCUT2D eigenvalue weighted by molar-refractivity contribution is 0.342. The summed E-state index contributed by atoms with van der Waals surface area (Å²) in [5.74, 6) is 4.37. The molecule has 1 N–H and O–H groups in total. The van der Waals surface area contributed by atoms with Crippen molar-refractivity contribution in [2.24, 2.45) is 5.92 Å². The van der Waals surface area contributed by atoms with Crippen LogP contribution in [0.5, 0.6) is 5.75 Å². The van der Waals surface area contributed by atoms with Crippen molar-refractivity contribution in [3.05, 3.63) is 11.9 Å². The van der Waals surface area contributed by atoms with Crippen molar-refractivity contribution in [3.63, 3.8) is 0 Å². The smallest absolute Gasteiger partial charge is 0.161 e. The molecule has 4 nitrogen and oxygen atoms in total. The molecule has 114 valence electrons. The van der Waals surface area contributed by atoms with Crippen molar-refractivity contribution in [2.75, 3.05) is 25.2 Å². The highest BCUT2D eigenvalue weighted by Crippen LogP contribution is 2.34. The molecule has 0 radical (unpaired) electrons. The Labute approximate surface area is 126 Å². The molecule has 2 rings (SSSR count). The Bertz CT molecular complexity index is 380. The van der Waals surface area contributed by atoms with Crippen LogP contribution in [0.4, 0.5) is 0 Å². The van der Waals surface area contributed by atoms with E-state index >= 15 is 0 Å². The fourth-order valence-corrected chi connectivity index (χ4v) is 4.20. The first-order valence-corrected chi connectivity index (χ1v) is 8.86. The van der Waals surface area contributed by atoms with Gasteiger partial charge in [-0.25, -0.2) is 0 Å². The van der Waals surface area contributed by atoms with Crippen LogP contribution in [0.3, 0.4) is 0 Å². The van der Waals surface area contributed by atoms with E-state index in [-0.39, 0.29) is 0 Å². The third-order valence-electron chi connectivity index (χ3n) is 4.05. The molecule has 2 heterocycles. The number of hydrogen-bond acceptors (Lipinski definition) is 4. The second-order valence-corrected chi connectivity index (χ2v) is 6.54. The lowest BCUT2D eigenvalue weighted by atomic mass is 9.92. The number of aromatic nitrogens is 2. The Morgan fingerprint density at radius 2 is 2.20 bits per heavy atom. The zero-order valence-electron chi connectivity index (χ0n) is 12.9. The number of aryl methyl sites for hydroxylation is 1. The van der Waals surface area contributed by atoms with Crippen LogP contribution in [-0.4, -0.2) is 34.9 Å². The minimum Gasteiger partial charge on any atom is -0.493 e. The summed E-state index contributed by atoms with van der Waals surface area (Å²) in [4.78, 5) is 0. The van der Waals surface area contributed by atoms with Gasteiger partial charge in [-0.3, -0.25) is 4.68 Å². The molecule has 1 aromatic heterocycles. The van der Waals surface area contributed by atoms with E-state index in [1.807, 2.05) is 6.20 Å². The first-order chi connectivity index (χ1) is 9.80. The van der Waals surface area contributed by atoms with Gasteiger partial charge in [-0.05, 0) is 50.2 Å². The van der Waals surface area contributed by atoms with E-state index < -0.39 is 0 Å². The fourth-order valence-electron chi connectivity index (χ4n) is 2.99. The summed E-state index contributed by atoms with van der Waals surface area (Å²) >= 11 is 2.09. The molecule has 1 aliphatic rings. The average molecular weight is 297 g/mol. The van der Waals surface area contributed by atoms with E-state index in [0.717, 1.165) is 24.8 Å². The van der Waals surface area contributed by atoms with Gasteiger partial charge in [-0.15, -0.1) is 0 Å². The molecule has 1 atom stereocenters. The Morgan fingerprint density at radius 3 is 2.80 bits per heavy atom. The van der Waals surface area contributed by atoms with E-state index in [1.54, 1.807) is 7.11 Å². The first-order valence-electron chi connectivity index (χ1n) is 7.70. The lowest BCUT2D eigenvalue weighted by Gasteiger charge is -2.27. The highest BCUT2D eigenvalue weighted by molar-refractivity contribution is 7.99. The molecule has 1 aromatic rings. The molecule has 0 bridgehead atoms. The van der Waals surface area contributed by atoms with Crippen LogP contribution < -0.4 is 10.1 Å². The van der Waals surface area contributed by atoms with Crippen LogP contribution in [0.25, 0.3) is 0 Å². The molecular formula is C15H27N3OS. The predicted molar refractivity (Wildman–Crippen MR) is 85.5 cm³/mol. The summed E-state index contributed by atoms with van der Waals surface area (Å²) in [6.07, 6.45) is 5.72. The predicted octanol–water partition coefficient (Wildman–Crippen LogP) is 3.10. The molecule has 0 aliphatic carbocycles. The summed E-state index contributed by atoms with van der Waals surface area (Å²) in [6, 6.07) is 0.352. The maximum atomic E-state index is 5.52. The zero-order valence-corrected chi connectivity index (χ0v) is 13.7. The zero-order chi connectivity index (χ0) is 14.4. The number of rotatable bonds is 7. The molecule has 1 aliphatic heterocycles. The van der Waals surface area contributed by atoms with Gasteiger partial charge in [0, 0.05) is 6.54 Å². The highest BCUT2D eigenvalue weighted by Gasteiger charge is 2.25. The number of methoxy groups -OCH3 is 1. The molecular weight excluding hydrogens is 270 g/mol. The summed E-state index contributed by atoms with van der Waals surface area (Å²) in [7, 11) is 1.74. The van der Waals surface area contributed by atoms with Gasteiger partial charge in [-0.2, -0.15) is 16.9 Å². The van der Waals surface area contributed by atoms with Gasteiger partial charge >= 0.3 is 0 Å². The van der Waals surface area contributed by atoms with Crippen LogP contribution in [0.15, 0.2) is 6.20 Å². The molecule has 0 saturated carbocycles. The van der Waals surface area contributed by atoms with Crippen LogP contribution in [0.2, 0.25) is 0 Å². The van der Waals surface area contributed by atoms with Crippen LogP contribution >= 0.6 is 11.8 Å². The monoisotopic (exact) mass is 297 g/mol. The standard InChI is InChI=1S/C15H27N3OS/c1-4-16-13(10-12-6-8-20-9-7-12)15-14(19-3)11-17-18(15)5-2/h11-13,16H,4-10H2,1-3H3. The van der Waals surface area contributed by atoms with Crippen molar-refractivity contribution in [2.45, 2.75) is 45.7 Å². The summed E-state index contributed by atoms with van der Waals surface area (Å²) in [5.41, 5.74) is 1.22. The van der Waals surface area contributed by atoms with Gasteiger partial charge in [0.1, 0.15) is 0 Å². The molecule has 1 saturated heterocycles. The van der Waals surface area contributed by atoms with Gasteiger partial charge in [0.25, 0.3) is 0 Å². The van der Waals surface area contributed by atoms with Crippen molar-refractivity contribution in [3.8, 4) is 5.75 Å². The summed E-state index contributed by atoms with van der Waals surface area (Å²) < 4.78 is 7.59. The quantitative estimate of drug-likeness (QED) is 0.839. The molecule has 0 spiro atoms. The second kappa shape index (κ2) is 7.93. The van der Waals surface area contributed by atoms with Crippen LogP contribution in [-0.2, 0) is 6.54 Å². The normalized spacial score (nSPS) is 18.1. The Kier molecular flexibility index (Phi) is 6.23. The fraction of sp³-hybridized carbons (Fsp3) is 0.800. The minimum atomic E-state index is 0.352. The number of hydrogen-bond donors (Lipinski definition) is 1. The molecule has 5 heteroatoms. The Balaban J connectivity index is 2.15. The van der Waals surface area contributed by atoms with Gasteiger partial charge in [0.05, 0.1) is 25.0 Å². The first kappa shape index (κ1) is 15.7. The molecule has 1 fully saturated rings. The summed E-state index contributed by atoms with van der Waals surface area (Å²) in [6.45, 7) is 6.17.